The van der Waals surface area contributed by atoms with Gasteiger partial charge in [-0.2, -0.15) is 0 Å². The number of carbonyl (C=O) groups is 2. The zero-order valence-corrected chi connectivity index (χ0v) is 16.0. The third-order valence-corrected chi connectivity index (χ3v) is 6.63. The molecule has 1 aromatic carbocycles. The summed E-state index contributed by atoms with van der Waals surface area (Å²) < 4.78 is 0. The summed E-state index contributed by atoms with van der Waals surface area (Å²) in [5.41, 5.74) is 1.58. The van der Waals surface area contributed by atoms with E-state index in [0.717, 1.165) is 18.4 Å². The molecule has 2 aromatic rings. The molecule has 1 aliphatic carbocycles. The topological polar surface area (TPSA) is 70.5 Å². The molecule has 1 unspecified atom stereocenters. The van der Waals surface area contributed by atoms with Crippen LogP contribution in [-0.2, 0) is 16.0 Å². The van der Waals surface area contributed by atoms with E-state index in [9.17, 15) is 14.7 Å². The van der Waals surface area contributed by atoms with Crippen LogP contribution in [0.15, 0.2) is 54.9 Å². The number of pyridine rings is 1. The molecule has 1 saturated carbocycles. The van der Waals surface area contributed by atoms with Gasteiger partial charge in [-0.3, -0.25) is 14.6 Å². The summed E-state index contributed by atoms with van der Waals surface area (Å²) in [6.07, 6.45) is 6.88. The minimum Gasteiger partial charge on any atom is -0.481 e. The number of carbonyl (C=O) groups excluding carboxylic acids is 1. The molecule has 2 fully saturated rings. The van der Waals surface area contributed by atoms with Crippen LogP contribution in [0.3, 0.4) is 0 Å². The Morgan fingerprint density at radius 2 is 1.89 bits per heavy atom. The average molecular weight is 378 g/mol. The minimum atomic E-state index is -0.780. The predicted octanol–water partition coefficient (Wildman–Crippen LogP) is 3.51. The van der Waals surface area contributed by atoms with Gasteiger partial charge < -0.3 is 10.0 Å². The number of aromatic nitrogens is 1. The van der Waals surface area contributed by atoms with Crippen LogP contribution in [-0.4, -0.2) is 40.0 Å². The van der Waals surface area contributed by atoms with E-state index in [0.29, 0.717) is 38.3 Å². The molecule has 0 spiro atoms. The number of carboxylic acid groups (broad SMARTS) is 1. The van der Waals surface area contributed by atoms with Crippen molar-refractivity contribution in [2.75, 3.05) is 13.1 Å². The van der Waals surface area contributed by atoms with Gasteiger partial charge in [-0.05, 0) is 60.8 Å². The number of benzene rings is 1. The van der Waals surface area contributed by atoms with E-state index in [1.165, 1.54) is 5.56 Å². The number of carboxylic acids is 1. The molecule has 5 nitrogen and oxygen atoms in total. The van der Waals surface area contributed by atoms with Crippen LogP contribution in [0.5, 0.6) is 0 Å². The lowest BCUT2D eigenvalue weighted by molar-refractivity contribution is -0.152. The number of amides is 1. The zero-order valence-electron chi connectivity index (χ0n) is 16.0. The van der Waals surface area contributed by atoms with Gasteiger partial charge in [0.1, 0.15) is 0 Å². The van der Waals surface area contributed by atoms with Gasteiger partial charge in [-0.1, -0.05) is 30.3 Å². The molecule has 2 aliphatic rings. The number of aryl methyl sites for hydroxylation is 1. The number of aliphatic carboxylic acids is 1. The summed E-state index contributed by atoms with van der Waals surface area (Å²) >= 11 is 0. The maximum absolute atomic E-state index is 12.8. The van der Waals surface area contributed by atoms with Gasteiger partial charge in [0, 0.05) is 31.9 Å². The highest BCUT2D eigenvalue weighted by Crippen LogP contribution is 2.51. The van der Waals surface area contributed by atoms with E-state index in [1.54, 1.807) is 17.3 Å². The largest absolute Gasteiger partial charge is 0.481 e. The molecule has 28 heavy (non-hydrogen) atoms. The van der Waals surface area contributed by atoms with Gasteiger partial charge in [0.25, 0.3) is 0 Å². The summed E-state index contributed by atoms with van der Waals surface area (Å²) in [7, 11) is 0. The molecule has 2 heterocycles. The SMILES string of the molecule is O=C(CCc1ccncc1)N1C[C@@H]2CC(c3ccccc3)CC[C@]2(C(=O)O)C1. The second kappa shape index (κ2) is 7.74. The van der Waals surface area contributed by atoms with Crippen molar-refractivity contribution in [2.24, 2.45) is 11.3 Å². The highest BCUT2D eigenvalue weighted by molar-refractivity contribution is 5.81. The molecule has 0 radical (unpaired) electrons. The van der Waals surface area contributed by atoms with Gasteiger partial charge in [0.2, 0.25) is 5.91 Å². The summed E-state index contributed by atoms with van der Waals surface area (Å²) in [6.45, 7) is 0.911. The second-order valence-corrected chi connectivity index (χ2v) is 8.17. The van der Waals surface area contributed by atoms with Crippen molar-refractivity contribution in [3.8, 4) is 0 Å². The standard InChI is InChI=1S/C23H26N2O3/c26-21(7-6-17-9-12-24-13-10-17)25-15-20-14-19(18-4-2-1-3-5-18)8-11-23(20,16-25)22(27)28/h1-5,9-10,12-13,19-20H,6-8,11,14-16H2,(H,27,28)/t19?,20-,23-/m0/s1. The molecular weight excluding hydrogens is 352 g/mol. The highest BCUT2D eigenvalue weighted by atomic mass is 16.4. The van der Waals surface area contributed by atoms with Crippen LogP contribution in [0.25, 0.3) is 0 Å². The Morgan fingerprint density at radius 3 is 2.61 bits per heavy atom. The van der Waals surface area contributed by atoms with Crippen molar-refractivity contribution in [3.63, 3.8) is 0 Å². The monoisotopic (exact) mass is 378 g/mol. The van der Waals surface area contributed by atoms with Gasteiger partial charge in [0.15, 0.2) is 0 Å². The van der Waals surface area contributed by atoms with Crippen LogP contribution in [0, 0.1) is 11.3 Å². The maximum atomic E-state index is 12.8. The average Bonchev–Trinajstić information content (AvgIpc) is 3.14. The molecule has 5 heteroatoms. The molecule has 1 saturated heterocycles. The number of rotatable bonds is 5. The van der Waals surface area contributed by atoms with Crippen LogP contribution in [0.4, 0.5) is 0 Å². The number of hydrogen-bond acceptors (Lipinski definition) is 3. The first-order valence-electron chi connectivity index (χ1n) is 10.0. The summed E-state index contributed by atoms with van der Waals surface area (Å²) in [4.78, 5) is 30.8. The first-order valence-corrected chi connectivity index (χ1v) is 10.0. The lowest BCUT2D eigenvalue weighted by atomic mass is 9.64. The Morgan fingerprint density at radius 1 is 1.14 bits per heavy atom. The molecule has 1 aliphatic heterocycles. The number of nitrogens with zero attached hydrogens (tertiary/aromatic N) is 2. The summed E-state index contributed by atoms with van der Waals surface area (Å²) in [6, 6.07) is 14.2. The fourth-order valence-electron chi connectivity index (χ4n) is 4.98. The van der Waals surface area contributed by atoms with Crippen molar-refractivity contribution < 1.29 is 14.7 Å². The molecule has 1 aromatic heterocycles. The Kier molecular flexibility index (Phi) is 5.16. The van der Waals surface area contributed by atoms with E-state index in [2.05, 4.69) is 17.1 Å². The molecule has 146 valence electrons. The first kappa shape index (κ1) is 18.7. The van der Waals surface area contributed by atoms with E-state index < -0.39 is 11.4 Å². The quantitative estimate of drug-likeness (QED) is 0.864. The van der Waals surface area contributed by atoms with E-state index in [4.69, 9.17) is 0 Å². The smallest absolute Gasteiger partial charge is 0.311 e. The minimum absolute atomic E-state index is 0.0221. The van der Waals surface area contributed by atoms with E-state index in [1.807, 2.05) is 30.3 Å². The Balaban J connectivity index is 1.45. The lowest BCUT2D eigenvalue weighted by Gasteiger charge is -2.38. The predicted molar refractivity (Wildman–Crippen MR) is 106 cm³/mol. The van der Waals surface area contributed by atoms with Crippen molar-refractivity contribution in [1.82, 2.24) is 9.88 Å². The van der Waals surface area contributed by atoms with Crippen molar-refractivity contribution in [3.05, 3.63) is 66.0 Å². The molecule has 0 bridgehead atoms. The molecule has 4 rings (SSSR count). The fourth-order valence-corrected chi connectivity index (χ4v) is 4.98. The number of fused-ring (bicyclic) bond motifs is 1. The lowest BCUT2D eigenvalue weighted by Crippen LogP contribution is -2.43. The summed E-state index contributed by atoms with van der Waals surface area (Å²) in [5.74, 6) is -0.282. The Hall–Kier alpha value is -2.69. The number of hydrogen-bond donors (Lipinski definition) is 1. The van der Waals surface area contributed by atoms with Crippen LogP contribution in [0.1, 0.15) is 42.7 Å². The maximum Gasteiger partial charge on any atom is 0.311 e. The van der Waals surface area contributed by atoms with E-state index >= 15 is 0 Å². The van der Waals surface area contributed by atoms with Crippen LogP contribution >= 0.6 is 0 Å². The molecular formula is C23H26N2O3. The Labute approximate surface area is 165 Å². The summed E-state index contributed by atoms with van der Waals surface area (Å²) in [5, 5.41) is 10.0. The van der Waals surface area contributed by atoms with Crippen LogP contribution < -0.4 is 0 Å². The number of likely N-dealkylation sites (tertiary alicyclic amines) is 1. The van der Waals surface area contributed by atoms with Gasteiger partial charge in [-0.25, -0.2) is 0 Å². The second-order valence-electron chi connectivity index (χ2n) is 8.17. The molecule has 1 N–H and O–H groups in total. The zero-order chi connectivity index (χ0) is 19.6. The third kappa shape index (κ3) is 3.53. The first-order chi connectivity index (χ1) is 13.6. The van der Waals surface area contributed by atoms with Gasteiger partial charge >= 0.3 is 5.97 Å². The highest BCUT2D eigenvalue weighted by Gasteiger charge is 2.55. The van der Waals surface area contributed by atoms with Gasteiger partial charge in [-0.15, -0.1) is 0 Å². The fraction of sp³-hybridized carbons (Fsp3) is 0.435. The van der Waals surface area contributed by atoms with E-state index in [-0.39, 0.29) is 11.8 Å². The van der Waals surface area contributed by atoms with Gasteiger partial charge in [0.05, 0.1) is 5.41 Å². The molecule has 3 atom stereocenters. The Bertz CT molecular complexity index is 839. The van der Waals surface area contributed by atoms with Crippen molar-refractivity contribution in [2.45, 2.75) is 38.0 Å². The van der Waals surface area contributed by atoms with Crippen molar-refractivity contribution >= 4 is 11.9 Å². The van der Waals surface area contributed by atoms with Crippen molar-refractivity contribution in [1.29, 1.82) is 0 Å². The third-order valence-electron chi connectivity index (χ3n) is 6.63. The normalized spacial score (nSPS) is 26.6. The van der Waals surface area contributed by atoms with Crippen LogP contribution in [0.2, 0.25) is 0 Å². The molecule has 1 amide bonds.